The zero-order valence-corrected chi connectivity index (χ0v) is 11.5. The number of rotatable bonds is 5. The minimum Gasteiger partial charge on any atom is -0.395 e. The Kier molecular flexibility index (Phi) is 5.68. The van der Waals surface area contributed by atoms with Gasteiger partial charge in [-0.25, -0.2) is 0 Å². The third-order valence-corrected chi connectivity index (χ3v) is 3.09. The summed E-state index contributed by atoms with van der Waals surface area (Å²) in [5.74, 6) is -0.187. The van der Waals surface area contributed by atoms with Crippen LogP contribution in [0.15, 0.2) is 35.3 Å². The summed E-state index contributed by atoms with van der Waals surface area (Å²) >= 11 is 9.17. The lowest BCUT2D eigenvalue weighted by Gasteiger charge is -2.20. The highest BCUT2D eigenvalue weighted by Gasteiger charge is 2.17. The van der Waals surface area contributed by atoms with Crippen molar-refractivity contribution in [2.24, 2.45) is 0 Å². The van der Waals surface area contributed by atoms with Crippen molar-refractivity contribution in [3.8, 4) is 0 Å². The molecule has 0 atom stereocenters. The van der Waals surface area contributed by atoms with Gasteiger partial charge in [-0.05, 0) is 34.1 Å². The van der Waals surface area contributed by atoms with Crippen LogP contribution in [0.2, 0.25) is 5.02 Å². The quantitative estimate of drug-likeness (QED) is 0.848. The Morgan fingerprint density at radius 3 is 2.88 bits per heavy atom. The van der Waals surface area contributed by atoms with Crippen LogP contribution in [0, 0.1) is 0 Å². The number of carbonyl (C=O) groups excluding carboxylic acids is 1. The molecule has 0 aliphatic carbocycles. The molecule has 0 saturated carbocycles. The van der Waals surface area contributed by atoms with E-state index in [0.29, 0.717) is 21.6 Å². The van der Waals surface area contributed by atoms with Crippen LogP contribution in [0.4, 0.5) is 0 Å². The van der Waals surface area contributed by atoms with E-state index in [4.69, 9.17) is 16.7 Å². The molecule has 0 saturated heterocycles. The van der Waals surface area contributed by atoms with Crippen LogP contribution in [0.1, 0.15) is 10.4 Å². The van der Waals surface area contributed by atoms with E-state index in [9.17, 15) is 4.79 Å². The highest BCUT2D eigenvalue weighted by atomic mass is 79.9. The van der Waals surface area contributed by atoms with Crippen molar-refractivity contribution in [3.05, 3.63) is 45.9 Å². The minimum absolute atomic E-state index is 0.0856. The van der Waals surface area contributed by atoms with Crippen molar-refractivity contribution in [2.75, 3.05) is 19.7 Å². The lowest BCUT2D eigenvalue weighted by Crippen LogP contribution is -2.33. The maximum atomic E-state index is 12.2. The van der Waals surface area contributed by atoms with Crippen molar-refractivity contribution in [1.82, 2.24) is 4.90 Å². The molecular formula is C12H13BrClNO2. The highest BCUT2D eigenvalue weighted by Crippen LogP contribution is 2.22. The summed E-state index contributed by atoms with van der Waals surface area (Å²) in [6.45, 7) is 4.15. The third kappa shape index (κ3) is 3.84. The van der Waals surface area contributed by atoms with Crippen LogP contribution in [0.5, 0.6) is 0 Å². The fraction of sp³-hybridized carbons (Fsp3) is 0.250. The van der Waals surface area contributed by atoms with Gasteiger partial charge in [-0.2, -0.15) is 0 Å². The molecule has 5 heteroatoms. The van der Waals surface area contributed by atoms with Gasteiger partial charge in [-0.3, -0.25) is 4.79 Å². The number of benzene rings is 1. The molecule has 0 bridgehead atoms. The van der Waals surface area contributed by atoms with Gasteiger partial charge in [0.1, 0.15) is 0 Å². The van der Waals surface area contributed by atoms with Crippen molar-refractivity contribution in [3.63, 3.8) is 0 Å². The molecule has 0 aliphatic heterocycles. The average molecular weight is 319 g/mol. The largest absolute Gasteiger partial charge is 0.395 e. The SMILES string of the molecule is C=CCN(CCO)C(=O)c1cc(Cl)ccc1Br. The van der Waals surface area contributed by atoms with E-state index in [1.165, 1.54) is 4.90 Å². The van der Waals surface area contributed by atoms with Crippen LogP contribution in [0.3, 0.4) is 0 Å². The van der Waals surface area contributed by atoms with Crippen LogP contribution < -0.4 is 0 Å². The highest BCUT2D eigenvalue weighted by molar-refractivity contribution is 9.10. The van der Waals surface area contributed by atoms with E-state index in [-0.39, 0.29) is 19.1 Å². The van der Waals surface area contributed by atoms with Gasteiger partial charge < -0.3 is 10.0 Å². The molecular weight excluding hydrogens is 305 g/mol. The topological polar surface area (TPSA) is 40.5 Å². The second-order valence-electron chi connectivity index (χ2n) is 3.39. The number of halogens is 2. The normalized spacial score (nSPS) is 10.1. The fourth-order valence-corrected chi connectivity index (χ4v) is 1.97. The Morgan fingerprint density at radius 1 is 1.59 bits per heavy atom. The zero-order valence-electron chi connectivity index (χ0n) is 9.20. The summed E-state index contributed by atoms with van der Waals surface area (Å²) in [6.07, 6.45) is 1.62. The monoisotopic (exact) mass is 317 g/mol. The number of aliphatic hydroxyl groups is 1. The van der Waals surface area contributed by atoms with Gasteiger partial charge in [0.2, 0.25) is 0 Å². The molecule has 0 fully saturated rings. The van der Waals surface area contributed by atoms with E-state index in [1.807, 2.05) is 0 Å². The summed E-state index contributed by atoms with van der Waals surface area (Å²) in [4.78, 5) is 13.7. The van der Waals surface area contributed by atoms with Gasteiger partial charge in [-0.15, -0.1) is 6.58 Å². The van der Waals surface area contributed by atoms with E-state index in [2.05, 4.69) is 22.5 Å². The number of amides is 1. The van der Waals surface area contributed by atoms with E-state index < -0.39 is 0 Å². The fourth-order valence-electron chi connectivity index (χ4n) is 1.38. The minimum atomic E-state index is -0.187. The lowest BCUT2D eigenvalue weighted by atomic mass is 10.2. The number of carbonyl (C=O) groups is 1. The molecule has 1 N–H and O–H groups in total. The molecule has 0 unspecified atom stereocenters. The summed E-state index contributed by atoms with van der Waals surface area (Å²) < 4.78 is 0.680. The van der Waals surface area contributed by atoms with Gasteiger partial charge in [0.25, 0.3) is 5.91 Å². The van der Waals surface area contributed by atoms with Gasteiger partial charge in [0.05, 0.1) is 12.2 Å². The van der Waals surface area contributed by atoms with Gasteiger partial charge >= 0.3 is 0 Å². The Labute approximate surface area is 114 Å². The van der Waals surface area contributed by atoms with Crippen LogP contribution in [-0.4, -0.2) is 35.6 Å². The van der Waals surface area contributed by atoms with Crippen molar-refractivity contribution >= 4 is 33.4 Å². The molecule has 1 aromatic rings. The van der Waals surface area contributed by atoms with Crippen LogP contribution in [0.25, 0.3) is 0 Å². The molecule has 0 heterocycles. The number of hydrogen-bond donors (Lipinski definition) is 1. The predicted octanol–water partition coefficient (Wildman–Crippen LogP) is 2.72. The second kappa shape index (κ2) is 6.79. The third-order valence-electron chi connectivity index (χ3n) is 2.17. The first-order valence-electron chi connectivity index (χ1n) is 5.06. The molecule has 0 aliphatic rings. The standard InChI is InChI=1S/C12H13BrClNO2/c1-2-5-15(6-7-16)12(17)10-8-9(14)3-4-11(10)13/h2-4,8,16H,1,5-7H2. The van der Waals surface area contributed by atoms with E-state index in [1.54, 1.807) is 24.3 Å². The van der Waals surface area contributed by atoms with Crippen molar-refractivity contribution < 1.29 is 9.90 Å². The maximum absolute atomic E-state index is 12.2. The average Bonchev–Trinajstić information content (AvgIpc) is 2.31. The number of nitrogens with zero attached hydrogens (tertiary/aromatic N) is 1. The summed E-state index contributed by atoms with van der Waals surface area (Å²) in [5, 5.41) is 9.42. The Bertz CT molecular complexity index is 423. The Hall–Kier alpha value is -0.840. The first-order valence-corrected chi connectivity index (χ1v) is 6.23. The first-order chi connectivity index (χ1) is 8.10. The molecule has 1 rings (SSSR count). The molecule has 0 radical (unpaired) electrons. The van der Waals surface area contributed by atoms with Gasteiger partial charge in [0, 0.05) is 22.6 Å². The number of aliphatic hydroxyl groups excluding tert-OH is 1. The van der Waals surface area contributed by atoms with Crippen LogP contribution >= 0.6 is 27.5 Å². The Morgan fingerprint density at radius 2 is 2.29 bits per heavy atom. The molecule has 1 aromatic carbocycles. The molecule has 3 nitrogen and oxygen atoms in total. The molecule has 0 aromatic heterocycles. The molecule has 17 heavy (non-hydrogen) atoms. The molecule has 1 amide bonds. The second-order valence-corrected chi connectivity index (χ2v) is 4.68. The molecule has 0 spiro atoms. The first kappa shape index (κ1) is 14.2. The lowest BCUT2D eigenvalue weighted by molar-refractivity contribution is 0.0742. The van der Waals surface area contributed by atoms with E-state index in [0.717, 1.165) is 0 Å². The van der Waals surface area contributed by atoms with Gasteiger partial charge in [-0.1, -0.05) is 17.7 Å². The van der Waals surface area contributed by atoms with Crippen molar-refractivity contribution in [2.45, 2.75) is 0 Å². The van der Waals surface area contributed by atoms with Gasteiger partial charge in [0.15, 0.2) is 0 Å². The molecule has 92 valence electrons. The summed E-state index contributed by atoms with van der Waals surface area (Å²) in [6, 6.07) is 5.02. The summed E-state index contributed by atoms with van der Waals surface area (Å²) in [5.41, 5.74) is 0.479. The Balaban J connectivity index is 2.99. The predicted molar refractivity (Wildman–Crippen MR) is 72.3 cm³/mol. The summed E-state index contributed by atoms with van der Waals surface area (Å²) in [7, 11) is 0. The van der Waals surface area contributed by atoms with Crippen LogP contribution in [-0.2, 0) is 0 Å². The van der Waals surface area contributed by atoms with Crippen molar-refractivity contribution in [1.29, 1.82) is 0 Å². The van der Waals surface area contributed by atoms with E-state index >= 15 is 0 Å². The zero-order chi connectivity index (χ0) is 12.8. The smallest absolute Gasteiger partial charge is 0.255 e. The number of hydrogen-bond acceptors (Lipinski definition) is 2. The maximum Gasteiger partial charge on any atom is 0.255 e.